The number of hydrogen-bond acceptors (Lipinski definition) is 6. The Hall–Kier alpha value is -2.37. The summed E-state index contributed by atoms with van der Waals surface area (Å²) in [7, 11) is 0. The van der Waals surface area contributed by atoms with Gasteiger partial charge in [-0.15, -0.1) is 0 Å². The number of allylic oxidation sites excluding steroid dienone is 6. The molecule has 0 aliphatic carbocycles. The van der Waals surface area contributed by atoms with Gasteiger partial charge in [0, 0.05) is 19.3 Å². The summed E-state index contributed by atoms with van der Waals surface area (Å²) < 4.78 is 16.8. The van der Waals surface area contributed by atoms with Gasteiger partial charge in [0.25, 0.3) is 0 Å². The predicted octanol–water partition coefficient (Wildman–Crippen LogP) is 21.2. The molecule has 6 heteroatoms. The Morgan fingerprint density at radius 1 is 0.296 bits per heavy atom. The third-order valence-corrected chi connectivity index (χ3v) is 14.2. The summed E-state index contributed by atoms with van der Waals surface area (Å²) in [5.41, 5.74) is 0. The van der Waals surface area contributed by atoms with Crippen molar-refractivity contribution in [1.29, 1.82) is 0 Å². The molecule has 0 heterocycles. The van der Waals surface area contributed by atoms with Gasteiger partial charge in [-0.25, -0.2) is 0 Å². The van der Waals surface area contributed by atoms with E-state index in [2.05, 4.69) is 57.2 Å². The molecule has 0 radical (unpaired) electrons. The maximum atomic E-state index is 12.8. The number of hydrogen-bond donors (Lipinski definition) is 0. The molecule has 1 unspecified atom stereocenters. The van der Waals surface area contributed by atoms with Crippen LogP contribution in [0, 0.1) is 0 Å². The lowest BCUT2D eigenvalue weighted by Crippen LogP contribution is -2.30. The average molecular weight is 998 g/mol. The fraction of sp³-hybridized carbons (Fsp3) is 0.862. The number of ether oxygens (including phenoxy) is 3. The van der Waals surface area contributed by atoms with Crippen molar-refractivity contribution in [2.24, 2.45) is 0 Å². The van der Waals surface area contributed by atoms with E-state index < -0.39 is 6.10 Å². The minimum atomic E-state index is -0.783. The van der Waals surface area contributed by atoms with E-state index in [4.69, 9.17) is 14.2 Å². The standard InChI is InChI=1S/C65H120O6/c1-4-7-10-13-16-19-22-24-25-26-27-28-29-30-31-32-33-34-35-36-37-38-39-41-43-46-49-52-55-58-64(67)70-61-62(60-69-63(66)57-54-51-48-45-42-21-18-15-12-9-6-3)71-65(68)59-56-53-50-47-44-40-23-20-17-14-11-8-5-2/h8,11,17,20,40,44,62H,4-7,9-10,12-16,18-19,21-39,41-43,45-61H2,1-3H3/b11-8-,20-17-,44-40-. The third kappa shape index (κ3) is 58.4. The second kappa shape index (κ2) is 60.2. The molecule has 0 rings (SSSR count). The molecule has 0 fully saturated rings. The maximum absolute atomic E-state index is 12.8. The van der Waals surface area contributed by atoms with Crippen LogP contribution in [0.3, 0.4) is 0 Å². The zero-order chi connectivity index (χ0) is 51.4. The molecule has 6 nitrogen and oxygen atoms in total. The maximum Gasteiger partial charge on any atom is 0.306 e. The SMILES string of the molecule is CC/C=C\C/C=C\C/C=C\CCCCCC(=O)OC(COC(=O)CCCCCCCCCCCCC)COC(=O)CCCCCCCCCCCCCCCCCCCCCCCCCCCCCCC. The monoisotopic (exact) mass is 997 g/mol. The molecule has 0 aliphatic rings. The Labute approximate surface area is 442 Å². The third-order valence-electron chi connectivity index (χ3n) is 14.2. The van der Waals surface area contributed by atoms with Gasteiger partial charge in [-0.05, 0) is 51.4 Å². The smallest absolute Gasteiger partial charge is 0.306 e. The Balaban J connectivity index is 4.09. The van der Waals surface area contributed by atoms with Crippen LogP contribution in [0.1, 0.15) is 342 Å². The Morgan fingerprint density at radius 3 is 0.859 bits per heavy atom. The van der Waals surface area contributed by atoms with E-state index in [9.17, 15) is 14.4 Å². The van der Waals surface area contributed by atoms with Crippen LogP contribution in [0.15, 0.2) is 36.5 Å². The van der Waals surface area contributed by atoms with Crippen LogP contribution < -0.4 is 0 Å². The fourth-order valence-corrected chi connectivity index (χ4v) is 9.46. The lowest BCUT2D eigenvalue weighted by Gasteiger charge is -2.18. The molecule has 1 atom stereocenters. The Kier molecular flexibility index (Phi) is 58.2. The number of carbonyl (C=O) groups is 3. The van der Waals surface area contributed by atoms with Crippen LogP contribution in [-0.2, 0) is 28.6 Å². The van der Waals surface area contributed by atoms with Gasteiger partial charge >= 0.3 is 17.9 Å². The predicted molar refractivity (Wildman–Crippen MR) is 307 cm³/mol. The van der Waals surface area contributed by atoms with Crippen LogP contribution in [0.25, 0.3) is 0 Å². The average Bonchev–Trinajstić information content (AvgIpc) is 3.37. The van der Waals surface area contributed by atoms with Crippen LogP contribution in [-0.4, -0.2) is 37.2 Å². The van der Waals surface area contributed by atoms with Crippen molar-refractivity contribution in [3.05, 3.63) is 36.5 Å². The summed E-state index contributed by atoms with van der Waals surface area (Å²) in [5.74, 6) is -0.891. The molecule has 0 amide bonds. The molecule has 71 heavy (non-hydrogen) atoms. The lowest BCUT2D eigenvalue weighted by atomic mass is 10.0. The molecule has 0 spiro atoms. The van der Waals surface area contributed by atoms with Gasteiger partial charge in [0.2, 0.25) is 0 Å². The van der Waals surface area contributed by atoms with Crippen LogP contribution in [0.4, 0.5) is 0 Å². The summed E-state index contributed by atoms with van der Waals surface area (Å²) in [6.07, 6.45) is 73.3. The normalized spacial score (nSPS) is 12.2. The highest BCUT2D eigenvalue weighted by molar-refractivity contribution is 5.71. The van der Waals surface area contributed by atoms with Crippen molar-refractivity contribution in [2.45, 2.75) is 348 Å². The molecule has 0 aliphatic heterocycles. The van der Waals surface area contributed by atoms with Gasteiger partial charge in [-0.1, -0.05) is 308 Å². The summed E-state index contributed by atoms with van der Waals surface area (Å²) in [4.78, 5) is 38.1. The quantitative estimate of drug-likeness (QED) is 0.0261. The van der Waals surface area contributed by atoms with Gasteiger partial charge in [0.15, 0.2) is 6.10 Å². The zero-order valence-corrected chi connectivity index (χ0v) is 47.8. The fourth-order valence-electron chi connectivity index (χ4n) is 9.46. The van der Waals surface area contributed by atoms with E-state index in [0.29, 0.717) is 19.3 Å². The molecular formula is C65H120O6. The highest BCUT2D eigenvalue weighted by atomic mass is 16.6. The van der Waals surface area contributed by atoms with Crippen molar-refractivity contribution in [3.63, 3.8) is 0 Å². The molecule has 0 aromatic rings. The minimum absolute atomic E-state index is 0.0794. The van der Waals surface area contributed by atoms with E-state index in [1.807, 2.05) is 0 Å². The molecule has 0 saturated heterocycles. The van der Waals surface area contributed by atoms with Gasteiger partial charge in [0.05, 0.1) is 0 Å². The van der Waals surface area contributed by atoms with Crippen LogP contribution in [0.5, 0.6) is 0 Å². The zero-order valence-electron chi connectivity index (χ0n) is 47.8. The largest absolute Gasteiger partial charge is 0.462 e. The molecule has 0 N–H and O–H groups in total. The first-order chi connectivity index (χ1) is 35.0. The Bertz CT molecular complexity index is 1190. The summed E-state index contributed by atoms with van der Waals surface area (Å²) in [5, 5.41) is 0. The summed E-state index contributed by atoms with van der Waals surface area (Å²) in [6.45, 7) is 6.54. The molecule has 0 bridgehead atoms. The molecule has 0 aromatic carbocycles. The van der Waals surface area contributed by atoms with Crippen molar-refractivity contribution in [2.75, 3.05) is 13.2 Å². The van der Waals surface area contributed by atoms with E-state index in [1.54, 1.807) is 0 Å². The first kappa shape index (κ1) is 68.6. The molecule has 0 aromatic heterocycles. The van der Waals surface area contributed by atoms with E-state index in [0.717, 1.165) is 83.5 Å². The van der Waals surface area contributed by atoms with Gasteiger partial charge < -0.3 is 14.2 Å². The molecule has 416 valence electrons. The van der Waals surface area contributed by atoms with Gasteiger partial charge in [0.1, 0.15) is 13.2 Å². The highest BCUT2D eigenvalue weighted by Gasteiger charge is 2.19. The van der Waals surface area contributed by atoms with E-state index >= 15 is 0 Å². The first-order valence-corrected chi connectivity index (χ1v) is 31.5. The second-order valence-corrected chi connectivity index (χ2v) is 21.3. The van der Waals surface area contributed by atoms with Gasteiger partial charge in [-0.2, -0.15) is 0 Å². The van der Waals surface area contributed by atoms with Crippen molar-refractivity contribution >= 4 is 17.9 Å². The van der Waals surface area contributed by atoms with Crippen molar-refractivity contribution in [1.82, 2.24) is 0 Å². The second-order valence-electron chi connectivity index (χ2n) is 21.3. The number of rotatable bonds is 58. The van der Waals surface area contributed by atoms with Crippen LogP contribution in [0.2, 0.25) is 0 Å². The van der Waals surface area contributed by atoms with E-state index in [-0.39, 0.29) is 31.1 Å². The number of unbranched alkanes of at least 4 members (excludes halogenated alkanes) is 41. The van der Waals surface area contributed by atoms with Crippen molar-refractivity contribution in [3.8, 4) is 0 Å². The number of esters is 3. The first-order valence-electron chi connectivity index (χ1n) is 31.5. The molecule has 0 saturated carbocycles. The van der Waals surface area contributed by atoms with E-state index in [1.165, 1.54) is 218 Å². The highest BCUT2D eigenvalue weighted by Crippen LogP contribution is 2.18. The summed E-state index contributed by atoms with van der Waals surface area (Å²) in [6, 6.07) is 0. The Morgan fingerprint density at radius 2 is 0.549 bits per heavy atom. The number of carbonyl (C=O) groups excluding carboxylic acids is 3. The summed E-state index contributed by atoms with van der Waals surface area (Å²) >= 11 is 0. The minimum Gasteiger partial charge on any atom is -0.462 e. The van der Waals surface area contributed by atoms with Crippen LogP contribution >= 0.6 is 0 Å². The topological polar surface area (TPSA) is 78.9 Å². The molecular weight excluding hydrogens is 877 g/mol. The lowest BCUT2D eigenvalue weighted by molar-refractivity contribution is -0.167. The van der Waals surface area contributed by atoms with Gasteiger partial charge in [-0.3, -0.25) is 14.4 Å². The van der Waals surface area contributed by atoms with Crippen molar-refractivity contribution < 1.29 is 28.6 Å².